The molecule has 0 fully saturated rings. The van der Waals surface area contributed by atoms with Crippen molar-refractivity contribution in [2.75, 3.05) is 11.9 Å². The van der Waals surface area contributed by atoms with E-state index in [1.54, 1.807) is 5.38 Å². The average molecular weight is 413 g/mol. The molecule has 25 heavy (non-hydrogen) atoms. The minimum atomic E-state index is -0.475. The molecule has 0 radical (unpaired) electrons. The van der Waals surface area contributed by atoms with Crippen LogP contribution in [-0.2, 0) is 16.0 Å². The van der Waals surface area contributed by atoms with E-state index < -0.39 is 5.41 Å². The number of unbranched alkanes of at least 4 members (excludes halogenated alkanes) is 1. The van der Waals surface area contributed by atoms with E-state index in [2.05, 4.69) is 22.5 Å². The van der Waals surface area contributed by atoms with E-state index in [4.69, 9.17) is 5.73 Å². The molecule has 0 bridgehead atoms. The van der Waals surface area contributed by atoms with Crippen molar-refractivity contribution in [1.82, 2.24) is 10.3 Å². The van der Waals surface area contributed by atoms with Gasteiger partial charge in [0.2, 0.25) is 11.8 Å². The summed E-state index contributed by atoms with van der Waals surface area (Å²) in [7, 11) is 0. The molecule has 1 atom stereocenters. The number of nitrogens with two attached hydrogens (primary N) is 1. The molecule has 9 heteroatoms. The van der Waals surface area contributed by atoms with Gasteiger partial charge >= 0.3 is 0 Å². The van der Waals surface area contributed by atoms with Crippen LogP contribution in [0.4, 0.5) is 5.13 Å². The Kier molecular flexibility index (Phi) is 13.1. The Bertz CT molecular complexity index is 532. The highest BCUT2D eigenvalue weighted by atomic mass is 35.5. The van der Waals surface area contributed by atoms with Gasteiger partial charge in [-0.05, 0) is 6.42 Å². The first-order chi connectivity index (χ1) is 10.8. The van der Waals surface area contributed by atoms with Gasteiger partial charge in [0.05, 0.1) is 12.1 Å². The Balaban J connectivity index is 0. The quantitative estimate of drug-likeness (QED) is 0.610. The predicted molar refractivity (Wildman–Crippen MR) is 109 cm³/mol. The van der Waals surface area contributed by atoms with E-state index in [1.165, 1.54) is 11.3 Å². The van der Waals surface area contributed by atoms with Crippen molar-refractivity contribution in [3.63, 3.8) is 0 Å². The second-order valence-electron chi connectivity index (χ2n) is 6.67. The molecule has 0 aliphatic rings. The van der Waals surface area contributed by atoms with E-state index in [0.717, 1.165) is 19.3 Å². The van der Waals surface area contributed by atoms with Crippen molar-refractivity contribution in [3.8, 4) is 0 Å². The van der Waals surface area contributed by atoms with Gasteiger partial charge in [-0.2, -0.15) is 0 Å². The van der Waals surface area contributed by atoms with Gasteiger partial charge in [0.25, 0.3) is 0 Å². The zero-order valence-electron chi connectivity index (χ0n) is 15.3. The Labute approximate surface area is 166 Å². The molecule has 0 aliphatic heterocycles. The van der Waals surface area contributed by atoms with Crippen LogP contribution < -0.4 is 16.4 Å². The number of amides is 2. The molecule has 1 heterocycles. The molecule has 1 aromatic heterocycles. The van der Waals surface area contributed by atoms with Crippen LogP contribution in [0.2, 0.25) is 0 Å². The third-order valence-corrected chi connectivity index (χ3v) is 4.16. The summed E-state index contributed by atoms with van der Waals surface area (Å²) in [6.07, 6.45) is 3.21. The largest absolute Gasteiger partial charge is 0.352 e. The van der Waals surface area contributed by atoms with Crippen LogP contribution in [0.15, 0.2) is 5.38 Å². The number of aromatic nitrogens is 1. The second kappa shape index (κ2) is 12.5. The first-order valence-electron chi connectivity index (χ1n) is 8.01. The summed E-state index contributed by atoms with van der Waals surface area (Å²) in [5, 5.41) is 8.03. The lowest BCUT2D eigenvalue weighted by atomic mass is 9.96. The molecular formula is C16H30Cl2N4O2S. The van der Waals surface area contributed by atoms with Crippen LogP contribution in [0.5, 0.6) is 0 Å². The Morgan fingerprint density at radius 2 is 1.96 bits per heavy atom. The van der Waals surface area contributed by atoms with Crippen LogP contribution in [0.3, 0.4) is 0 Å². The first kappa shape index (κ1) is 26.3. The van der Waals surface area contributed by atoms with E-state index in [1.807, 2.05) is 20.8 Å². The summed E-state index contributed by atoms with van der Waals surface area (Å²) in [6, 6.07) is 0.0150. The molecule has 2 amide bonds. The lowest BCUT2D eigenvalue weighted by Crippen LogP contribution is -2.40. The maximum Gasteiger partial charge on any atom is 0.231 e. The van der Waals surface area contributed by atoms with E-state index in [0.29, 0.717) is 17.4 Å². The molecule has 146 valence electrons. The Hall–Kier alpha value is -0.890. The molecule has 1 unspecified atom stereocenters. The lowest BCUT2D eigenvalue weighted by molar-refractivity contribution is -0.123. The Morgan fingerprint density at radius 3 is 2.48 bits per heavy atom. The molecule has 6 nitrogen and oxygen atoms in total. The topological polar surface area (TPSA) is 97.1 Å². The number of hydrogen-bond donors (Lipinski definition) is 3. The molecule has 0 aromatic carbocycles. The zero-order valence-corrected chi connectivity index (χ0v) is 17.7. The number of anilines is 1. The summed E-state index contributed by atoms with van der Waals surface area (Å²) in [5.41, 5.74) is 5.86. The summed E-state index contributed by atoms with van der Waals surface area (Å²) in [6.45, 7) is 8.07. The standard InChI is InChI=1S/C16H28N4O2S.2ClH/c1-5-6-7-11(9-17)18-13(21)8-12-10-23-15(19-12)20-14(22)16(2,3)4;;/h10-11H,5-9,17H2,1-4H3,(H,18,21)(H,19,20,22);2*1H. The highest BCUT2D eigenvalue weighted by Gasteiger charge is 2.22. The molecule has 1 aromatic rings. The van der Waals surface area contributed by atoms with E-state index in [9.17, 15) is 9.59 Å². The van der Waals surface area contributed by atoms with E-state index >= 15 is 0 Å². The van der Waals surface area contributed by atoms with Gasteiger partial charge < -0.3 is 16.4 Å². The fraction of sp³-hybridized carbons (Fsp3) is 0.688. The van der Waals surface area contributed by atoms with Crippen LogP contribution in [0.25, 0.3) is 0 Å². The van der Waals surface area contributed by atoms with Crippen LogP contribution in [-0.4, -0.2) is 29.4 Å². The molecule has 0 saturated carbocycles. The van der Waals surface area contributed by atoms with Gasteiger partial charge in [0.15, 0.2) is 5.13 Å². The third kappa shape index (κ3) is 9.99. The molecular weight excluding hydrogens is 383 g/mol. The molecule has 0 saturated heterocycles. The number of rotatable bonds is 8. The zero-order chi connectivity index (χ0) is 17.5. The van der Waals surface area contributed by atoms with Crippen molar-refractivity contribution in [1.29, 1.82) is 0 Å². The fourth-order valence-electron chi connectivity index (χ4n) is 1.87. The summed E-state index contributed by atoms with van der Waals surface area (Å²) < 4.78 is 0. The number of carbonyl (C=O) groups excluding carboxylic acids is 2. The maximum absolute atomic E-state index is 12.0. The third-order valence-electron chi connectivity index (χ3n) is 3.35. The second-order valence-corrected chi connectivity index (χ2v) is 7.53. The highest BCUT2D eigenvalue weighted by Crippen LogP contribution is 2.20. The lowest BCUT2D eigenvalue weighted by Gasteiger charge is -2.16. The molecule has 0 aliphatic carbocycles. The van der Waals surface area contributed by atoms with Gasteiger partial charge in [0.1, 0.15) is 0 Å². The van der Waals surface area contributed by atoms with Crippen molar-refractivity contribution in [3.05, 3.63) is 11.1 Å². The van der Waals surface area contributed by atoms with Gasteiger partial charge in [-0.25, -0.2) is 4.98 Å². The van der Waals surface area contributed by atoms with Crippen LogP contribution in [0, 0.1) is 5.41 Å². The average Bonchev–Trinajstić information content (AvgIpc) is 2.89. The molecule has 1 rings (SSSR count). The van der Waals surface area contributed by atoms with Gasteiger partial charge in [-0.3, -0.25) is 9.59 Å². The number of nitrogens with one attached hydrogen (secondary N) is 2. The summed E-state index contributed by atoms with van der Waals surface area (Å²) in [4.78, 5) is 28.3. The normalized spacial score (nSPS) is 11.7. The SMILES string of the molecule is CCCCC(CN)NC(=O)Cc1csc(NC(=O)C(C)(C)C)n1.Cl.Cl. The van der Waals surface area contributed by atoms with Crippen LogP contribution in [0.1, 0.15) is 52.7 Å². The fourth-order valence-corrected chi connectivity index (χ4v) is 2.58. The highest BCUT2D eigenvalue weighted by molar-refractivity contribution is 7.13. The number of thiazole rings is 1. The number of hydrogen-bond acceptors (Lipinski definition) is 5. The summed E-state index contributed by atoms with van der Waals surface area (Å²) >= 11 is 1.33. The molecule has 4 N–H and O–H groups in total. The number of halogens is 2. The Morgan fingerprint density at radius 1 is 1.32 bits per heavy atom. The summed E-state index contributed by atoms with van der Waals surface area (Å²) in [5.74, 6) is -0.179. The first-order valence-corrected chi connectivity index (χ1v) is 8.89. The molecule has 0 spiro atoms. The van der Waals surface area contributed by atoms with Gasteiger partial charge in [-0.15, -0.1) is 36.2 Å². The minimum absolute atomic E-state index is 0. The number of nitrogens with zero attached hydrogens (tertiary/aromatic N) is 1. The number of carbonyl (C=O) groups is 2. The van der Waals surface area contributed by atoms with Gasteiger partial charge in [0, 0.05) is 23.4 Å². The predicted octanol–water partition coefficient (Wildman–Crippen LogP) is 3.15. The van der Waals surface area contributed by atoms with Crippen molar-refractivity contribution < 1.29 is 9.59 Å². The van der Waals surface area contributed by atoms with Crippen molar-refractivity contribution >= 4 is 53.1 Å². The minimum Gasteiger partial charge on any atom is -0.352 e. The van der Waals surface area contributed by atoms with E-state index in [-0.39, 0.29) is 49.1 Å². The van der Waals surface area contributed by atoms with Crippen molar-refractivity contribution in [2.45, 2.75) is 59.4 Å². The monoisotopic (exact) mass is 412 g/mol. The van der Waals surface area contributed by atoms with Crippen molar-refractivity contribution in [2.24, 2.45) is 11.1 Å². The van der Waals surface area contributed by atoms with Crippen LogP contribution >= 0.6 is 36.2 Å². The smallest absolute Gasteiger partial charge is 0.231 e. The maximum atomic E-state index is 12.0. The van der Waals surface area contributed by atoms with Gasteiger partial charge in [-0.1, -0.05) is 40.5 Å².